The van der Waals surface area contributed by atoms with Gasteiger partial charge >= 0.3 is 0 Å². The van der Waals surface area contributed by atoms with Crippen LogP contribution in [0.15, 0.2) is 180 Å². The molecule has 11 rings (SSSR count). The second-order valence-electron chi connectivity index (χ2n) is 14.8. The van der Waals surface area contributed by atoms with Crippen molar-refractivity contribution in [1.82, 2.24) is 0 Å². The van der Waals surface area contributed by atoms with Crippen LogP contribution in [0.3, 0.4) is 0 Å². The van der Waals surface area contributed by atoms with Gasteiger partial charge in [0.1, 0.15) is 5.58 Å². The largest absolute Gasteiger partial charge is 0.454 e. The predicted molar refractivity (Wildman–Crippen MR) is 221 cm³/mol. The Morgan fingerprint density at radius 1 is 0.453 bits per heavy atom. The third-order valence-corrected chi connectivity index (χ3v) is 12.0. The molecule has 1 saturated carbocycles. The summed E-state index contributed by atoms with van der Waals surface area (Å²) in [4.78, 5) is 2.42. The minimum atomic E-state index is 0.0770. The van der Waals surface area contributed by atoms with Crippen LogP contribution in [0.2, 0.25) is 0 Å². The number of nitrogens with zero attached hydrogens (tertiary/aromatic N) is 1. The number of hydrogen-bond donors (Lipinski definition) is 0. The Morgan fingerprint density at radius 2 is 1.08 bits per heavy atom. The first-order valence-corrected chi connectivity index (χ1v) is 18.9. The zero-order valence-electron chi connectivity index (χ0n) is 29.4. The maximum Gasteiger partial charge on any atom is 0.159 e. The number of rotatable bonds is 5. The SMILES string of the molecule is c1ccc(-c2ccc(-c3ccc(N(c4ccc5c(c4)C4(CCCC4)c4ccccc4-5)c4cccc5c4oc4ccc6ccccc6c45)cc3)cc2)cc1. The summed E-state index contributed by atoms with van der Waals surface area (Å²) >= 11 is 0. The van der Waals surface area contributed by atoms with Gasteiger partial charge in [-0.2, -0.15) is 0 Å². The molecule has 1 aromatic heterocycles. The topological polar surface area (TPSA) is 16.4 Å². The molecule has 8 aromatic carbocycles. The van der Waals surface area contributed by atoms with Crippen LogP contribution in [-0.4, -0.2) is 0 Å². The molecule has 2 aliphatic rings. The summed E-state index contributed by atoms with van der Waals surface area (Å²) < 4.78 is 6.85. The first-order valence-electron chi connectivity index (χ1n) is 18.9. The quantitative estimate of drug-likeness (QED) is 0.180. The van der Waals surface area contributed by atoms with E-state index in [-0.39, 0.29) is 5.41 Å². The second-order valence-corrected chi connectivity index (χ2v) is 14.8. The molecule has 1 heterocycles. The van der Waals surface area contributed by atoms with Gasteiger partial charge in [0.05, 0.1) is 5.69 Å². The molecule has 1 spiro atoms. The molecule has 0 amide bonds. The molecule has 0 radical (unpaired) electrons. The summed E-state index contributed by atoms with van der Waals surface area (Å²) in [5.74, 6) is 0. The molecule has 1 fully saturated rings. The predicted octanol–water partition coefficient (Wildman–Crippen LogP) is 14.4. The van der Waals surface area contributed by atoms with Gasteiger partial charge in [-0.15, -0.1) is 0 Å². The molecule has 0 unspecified atom stereocenters. The highest BCUT2D eigenvalue weighted by molar-refractivity contribution is 6.21. The third-order valence-electron chi connectivity index (χ3n) is 12.0. The van der Waals surface area contributed by atoms with Crippen LogP contribution in [0.25, 0.3) is 66.1 Å². The molecule has 9 aromatic rings. The molecule has 252 valence electrons. The Bertz CT molecular complexity index is 2820. The molecule has 0 N–H and O–H groups in total. The first kappa shape index (κ1) is 30.3. The molecule has 0 atom stereocenters. The fraction of sp³-hybridized carbons (Fsp3) is 0.0980. The normalized spacial score (nSPS) is 14.3. The summed E-state index contributed by atoms with van der Waals surface area (Å²) in [5, 5.41) is 4.74. The first-order chi connectivity index (χ1) is 26.2. The highest BCUT2D eigenvalue weighted by Gasteiger charge is 2.45. The van der Waals surface area contributed by atoms with E-state index in [1.54, 1.807) is 0 Å². The van der Waals surface area contributed by atoms with Gasteiger partial charge in [-0.3, -0.25) is 0 Å². The second kappa shape index (κ2) is 11.8. The summed E-state index contributed by atoms with van der Waals surface area (Å²) in [5.41, 5.74) is 15.8. The maximum absolute atomic E-state index is 6.85. The van der Waals surface area contributed by atoms with E-state index in [1.165, 1.54) is 86.3 Å². The van der Waals surface area contributed by atoms with Crippen LogP contribution in [0.5, 0.6) is 0 Å². The standard InChI is InChI=1S/C51H37NO/c1-2-11-34(12-3-1)35-19-21-36(22-20-35)37-23-26-39(27-24-37)52(40-28-29-43-42-15-6-7-17-45(42)51(46(43)33-40)31-8-9-32-51)47-18-10-16-44-49-41-14-5-4-13-38(41)25-30-48(49)53-50(44)47/h1-7,10-30,33H,8-9,31-32H2. The van der Waals surface area contributed by atoms with E-state index >= 15 is 0 Å². The average Bonchev–Trinajstić information content (AvgIpc) is 3.95. The van der Waals surface area contributed by atoms with Crippen molar-refractivity contribution in [1.29, 1.82) is 0 Å². The van der Waals surface area contributed by atoms with Gasteiger partial charge in [0.25, 0.3) is 0 Å². The highest BCUT2D eigenvalue weighted by Crippen LogP contribution is 2.58. The molecule has 0 bridgehead atoms. The third kappa shape index (κ3) is 4.65. The van der Waals surface area contributed by atoms with Gasteiger partial charge in [0, 0.05) is 27.6 Å². The Kier molecular flexibility index (Phi) is 6.76. The van der Waals surface area contributed by atoms with Crippen molar-refractivity contribution in [2.45, 2.75) is 31.1 Å². The van der Waals surface area contributed by atoms with E-state index in [2.05, 4.69) is 181 Å². The van der Waals surface area contributed by atoms with Crippen molar-refractivity contribution >= 4 is 49.8 Å². The van der Waals surface area contributed by atoms with Crippen molar-refractivity contribution in [2.24, 2.45) is 0 Å². The molecular weight excluding hydrogens is 643 g/mol. The Balaban J connectivity index is 1.08. The van der Waals surface area contributed by atoms with Crippen molar-refractivity contribution < 1.29 is 4.42 Å². The van der Waals surface area contributed by atoms with Gasteiger partial charge < -0.3 is 9.32 Å². The van der Waals surface area contributed by atoms with E-state index < -0.39 is 0 Å². The highest BCUT2D eigenvalue weighted by atomic mass is 16.3. The van der Waals surface area contributed by atoms with Gasteiger partial charge in [-0.05, 0) is 105 Å². The van der Waals surface area contributed by atoms with Crippen LogP contribution in [0.1, 0.15) is 36.8 Å². The van der Waals surface area contributed by atoms with E-state index in [4.69, 9.17) is 4.42 Å². The van der Waals surface area contributed by atoms with Crippen LogP contribution in [0, 0.1) is 0 Å². The smallest absolute Gasteiger partial charge is 0.159 e. The Hall–Kier alpha value is -6.38. The number of para-hydroxylation sites is 1. The number of benzene rings is 8. The van der Waals surface area contributed by atoms with E-state index in [1.807, 2.05) is 0 Å². The summed E-state index contributed by atoms with van der Waals surface area (Å²) in [6.07, 6.45) is 4.93. The Morgan fingerprint density at radius 3 is 1.87 bits per heavy atom. The van der Waals surface area contributed by atoms with Crippen molar-refractivity contribution in [3.63, 3.8) is 0 Å². The minimum Gasteiger partial charge on any atom is -0.454 e. The van der Waals surface area contributed by atoms with Crippen molar-refractivity contribution in [2.75, 3.05) is 4.90 Å². The lowest BCUT2D eigenvalue weighted by molar-refractivity contribution is 0.550. The molecule has 2 heteroatoms. The van der Waals surface area contributed by atoms with Crippen molar-refractivity contribution in [3.05, 3.63) is 187 Å². The van der Waals surface area contributed by atoms with E-state index in [9.17, 15) is 0 Å². The lowest BCUT2D eigenvalue weighted by Gasteiger charge is -2.30. The summed E-state index contributed by atoms with van der Waals surface area (Å²) in [7, 11) is 0. The molecule has 2 aliphatic carbocycles. The average molecular weight is 680 g/mol. The van der Waals surface area contributed by atoms with Crippen LogP contribution in [-0.2, 0) is 5.41 Å². The van der Waals surface area contributed by atoms with Gasteiger partial charge in [-0.1, -0.05) is 152 Å². The van der Waals surface area contributed by atoms with E-state index in [0.29, 0.717) is 0 Å². The Labute approximate surface area is 309 Å². The number of hydrogen-bond acceptors (Lipinski definition) is 2. The maximum atomic E-state index is 6.85. The zero-order chi connectivity index (χ0) is 34.9. The monoisotopic (exact) mass is 679 g/mol. The molecule has 0 saturated heterocycles. The van der Waals surface area contributed by atoms with Crippen LogP contribution < -0.4 is 4.90 Å². The summed E-state index contributed by atoms with van der Waals surface area (Å²) in [6.45, 7) is 0. The van der Waals surface area contributed by atoms with E-state index in [0.717, 1.165) is 33.6 Å². The van der Waals surface area contributed by atoms with Gasteiger partial charge in [0.2, 0.25) is 0 Å². The van der Waals surface area contributed by atoms with Gasteiger partial charge in [-0.25, -0.2) is 0 Å². The number of furan rings is 1. The fourth-order valence-corrected chi connectivity index (χ4v) is 9.55. The molecular formula is C51H37NO. The number of anilines is 3. The minimum absolute atomic E-state index is 0.0770. The molecule has 0 aliphatic heterocycles. The van der Waals surface area contributed by atoms with Crippen molar-refractivity contribution in [3.8, 4) is 33.4 Å². The molecule has 53 heavy (non-hydrogen) atoms. The summed E-state index contributed by atoms with van der Waals surface area (Å²) in [6, 6.07) is 64.4. The fourth-order valence-electron chi connectivity index (χ4n) is 9.55. The number of fused-ring (bicyclic) bond motifs is 10. The van der Waals surface area contributed by atoms with Crippen LogP contribution in [0.4, 0.5) is 17.1 Å². The van der Waals surface area contributed by atoms with Gasteiger partial charge in [0.15, 0.2) is 5.58 Å². The zero-order valence-corrected chi connectivity index (χ0v) is 29.4. The van der Waals surface area contributed by atoms with Crippen LogP contribution >= 0.6 is 0 Å². The lowest BCUT2D eigenvalue weighted by Crippen LogP contribution is -2.21. The lowest BCUT2D eigenvalue weighted by atomic mass is 9.76. The molecule has 2 nitrogen and oxygen atoms in total.